The summed E-state index contributed by atoms with van der Waals surface area (Å²) in [5, 5.41) is 3.73. The number of fused-ring (bicyclic) bond motifs is 1. The maximum Gasteiger partial charge on any atom is 0.234 e. The molecule has 1 aliphatic rings. The van der Waals surface area contributed by atoms with Gasteiger partial charge in [0.2, 0.25) is 11.7 Å². The number of benzene rings is 3. The van der Waals surface area contributed by atoms with Crippen molar-refractivity contribution in [1.82, 2.24) is 0 Å². The van der Waals surface area contributed by atoms with Gasteiger partial charge in [0.15, 0.2) is 11.5 Å². The van der Waals surface area contributed by atoms with Crippen molar-refractivity contribution in [1.29, 1.82) is 0 Å². The van der Waals surface area contributed by atoms with Gasteiger partial charge in [0, 0.05) is 24.2 Å². The van der Waals surface area contributed by atoms with E-state index in [0.717, 1.165) is 27.7 Å². The molecule has 0 saturated carbocycles. The third kappa shape index (κ3) is 5.40. The molecule has 0 aromatic heterocycles. The number of rotatable bonds is 7. The number of anilines is 1. The molecule has 1 aliphatic heterocycles. The molecule has 1 N–H and O–H groups in total. The van der Waals surface area contributed by atoms with Crippen molar-refractivity contribution in [3.05, 3.63) is 72.3 Å². The predicted molar refractivity (Wildman–Crippen MR) is 138 cm³/mol. The number of thioether (sulfide) groups is 1. The van der Waals surface area contributed by atoms with Crippen LogP contribution in [-0.4, -0.2) is 43.7 Å². The van der Waals surface area contributed by atoms with E-state index in [0.29, 0.717) is 29.4 Å². The fourth-order valence-electron chi connectivity index (χ4n) is 3.53. The van der Waals surface area contributed by atoms with Crippen LogP contribution in [0.4, 0.5) is 17.1 Å². The number of aliphatic imine (C=N–C) groups is 2. The summed E-state index contributed by atoms with van der Waals surface area (Å²) < 4.78 is 16.1. The van der Waals surface area contributed by atoms with Crippen LogP contribution >= 0.6 is 11.8 Å². The Kier molecular flexibility index (Phi) is 7.49. The summed E-state index contributed by atoms with van der Waals surface area (Å²) in [6.45, 7) is 0. The van der Waals surface area contributed by atoms with Gasteiger partial charge >= 0.3 is 0 Å². The van der Waals surface area contributed by atoms with Gasteiger partial charge in [-0.05, 0) is 17.7 Å². The number of amides is 1. The number of para-hydroxylation sites is 2. The highest BCUT2D eigenvalue weighted by molar-refractivity contribution is 8.14. The van der Waals surface area contributed by atoms with E-state index in [9.17, 15) is 4.79 Å². The minimum absolute atomic E-state index is 0.169. The molecule has 174 valence electrons. The molecule has 0 unspecified atom stereocenters. The van der Waals surface area contributed by atoms with Gasteiger partial charge < -0.3 is 19.5 Å². The molecule has 1 amide bonds. The lowest BCUT2D eigenvalue weighted by molar-refractivity contribution is -0.113. The Balaban J connectivity index is 1.50. The lowest BCUT2D eigenvalue weighted by Crippen LogP contribution is -2.16. The second kappa shape index (κ2) is 10.9. The summed E-state index contributed by atoms with van der Waals surface area (Å²) in [6, 6.07) is 21.2. The molecule has 0 radical (unpaired) electrons. The number of methoxy groups -OCH3 is 3. The summed E-state index contributed by atoms with van der Waals surface area (Å²) in [7, 11) is 4.60. The molecule has 8 heteroatoms. The van der Waals surface area contributed by atoms with E-state index in [-0.39, 0.29) is 11.7 Å². The monoisotopic (exact) mass is 475 g/mol. The van der Waals surface area contributed by atoms with Gasteiger partial charge in [0.25, 0.3) is 0 Å². The SMILES string of the molecule is COc1cc(NC(=O)CSC2=Nc3ccccc3N=C(c3ccccc3)C2)cc(OC)c1OC. The largest absolute Gasteiger partial charge is 0.493 e. The van der Waals surface area contributed by atoms with E-state index < -0.39 is 0 Å². The number of nitrogens with zero attached hydrogens (tertiary/aromatic N) is 2. The van der Waals surface area contributed by atoms with Crippen LogP contribution in [-0.2, 0) is 4.79 Å². The molecule has 0 bridgehead atoms. The highest BCUT2D eigenvalue weighted by Gasteiger charge is 2.18. The normalized spacial score (nSPS) is 12.6. The standard InChI is InChI=1S/C26H25N3O4S/c1-31-22-13-18(14-23(32-2)26(22)33-3)27-24(30)16-34-25-15-21(17-9-5-4-6-10-17)28-19-11-7-8-12-20(19)29-25/h4-14H,15-16H2,1-3H3,(H,27,30). The topological polar surface area (TPSA) is 81.5 Å². The molecule has 1 heterocycles. The number of nitrogens with one attached hydrogen (secondary N) is 1. The Morgan fingerprint density at radius 1 is 0.882 bits per heavy atom. The Bertz CT molecular complexity index is 1220. The van der Waals surface area contributed by atoms with E-state index in [1.165, 1.54) is 33.1 Å². The van der Waals surface area contributed by atoms with Crippen LogP contribution in [0.5, 0.6) is 17.2 Å². The van der Waals surface area contributed by atoms with E-state index >= 15 is 0 Å². The average Bonchev–Trinajstić information content (AvgIpc) is 3.06. The van der Waals surface area contributed by atoms with Crippen molar-refractivity contribution >= 4 is 45.5 Å². The fraction of sp³-hybridized carbons (Fsp3) is 0.192. The zero-order valence-electron chi connectivity index (χ0n) is 19.2. The van der Waals surface area contributed by atoms with Gasteiger partial charge in [-0.15, -0.1) is 11.8 Å². The van der Waals surface area contributed by atoms with Crippen LogP contribution < -0.4 is 19.5 Å². The lowest BCUT2D eigenvalue weighted by Gasteiger charge is -2.14. The van der Waals surface area contributed by atoms with Crippen LogP contribution in [0.25, 0.3) is 0 Å². The lowest BCUT2D eigenvalue weighted by atomic mass is 10.1. The van der Waals surface area contributed by atoms with Crippen LogP contribution in [0.15, 0.2) is 76.7 Å². The molecule has 7 nitrogen and oxygen atoms in total. The number of hydrogen-bond acceptors (Lipinski definition) is 7. The average molecular weight is 476 g/mol. The van der Waals surface area contributed by atoms with Crippen LogP contribution in [0.1, 0.15) is 12.0 Å². The first-order chi connectivity index (χ1) is 16.6. The highest BCUT2D eigenvalue weighted by atomic mass is 32.2. The molecule has 0 fully saturated rings. The van der Waals surface area contributed by atoms with Crippen molar-refractivity contribution in [2.45, 2.75) is 6.42 Å². The van der Waals surface area contributed by atoms with Crippen LogP contribution in [0, 0.1) is 0 Å². The zero-order chi connectivity index (χ0) is 23.9. The second-order valence-electron chi connectivity index (χ2n) is 7.35. The molecule has 0 spiro atoms. The summed E-state index contributed by atoms with van der Waals surface area (Å²) in [5.41, 5.74) is 4.12. The molecular formula is C26H25N3O4S. The van der Waals surface area contributed by atoms with Crippen molar-refractivity contribution in [3.8, 4) is 17.2 Å². The second-order valence-corrected chi connectivity index (χ2v) is 8.40. The van der Waals surface area contributed by atoms with Crippen LogP contribution in [0.3, 0.4) is 0 Å². The van der Waals surface area contributed by atoms with Gasteiger partial charge in [-0.2, -0.15) is 0 Å². The first-order valence-corrected chi connectivity index (χ1v) is 11.6. The quantitative estimate of drug-likeness (QED) is 0.478. The number of hydrogen-bond donors (Lipinski definition) is 1. The number of ether oxygens (including phenoxy) is 3. The molecule has 0 aliphatic carbocycles. The first kappa shape index (κ1) is 23.4. The predicted octanol–water partition coefficient (Wildman–Crippen LogP) is 5.64. The van der Waals surface area contributed by atoms with Crippen molar-refractivity contribution in [2.24, 2.45) is 9.98 Å². The minimum atomic E-state index is -0.169. The molecule has 0 saturated heterocycles. The summed E-state index contributed by atoms with van der Waals surface area (Å²) in [5.74, 6) is 1.44. The van der Waals surface area contributed by atoms with Gasteiger partial charge in [-0.3, -0.25) is 9.79 Å². The van der Waals surface area contributed by atoms with Gasteiger partial charge in [-0.1, -0.05) is 42.5 Å². The summed E-state index contributed by atoms with van der Waals surface area (Å²) in [6.07, 6.45) is 0.542. The van der Waals surface area contributed by atoms with Gasteiger partial charge in [-0.25, -0.2) is 4.99 Å². The van der Waals surface area contributed by atoms with Crippen molar-refractivity contribution < 1.29 is 19.0 Å². The van der Waals surface area contributed by atoms with E-state index in [1.807, 2.05) is 54.6 Å². The van der Waals surface area contributed by atoms with Crippen molar-refractivity contribution in [3.63, 3.8) is 0 Å². The maximum absolute atomic E-state index is 12.8. The molecule has 4 rings (SSSR count). The fourth-order valence-corrected chi connectivity index (χ4v) is 4.31. The van der Waals surface area contributed by atoms with E-state index in [1.54, 1.807) is 12.1 Å². The number of carbonyl (C=O) groups is 1. The van der Waals surface area contributed by atoms with E-state index in [4.69, 9.17) is 24.2 Å². The number of carbonyl (C=O) groups excluding carboxylic acids is 1. The Morgan fingerprint density at radius 3 is 2.12 bits per heavy atom. The molecular weight excluding hydrogens is 450 g/mol. The van der Waals surface area contributed by atoms with Crippen LogP contribution in [0.2, 0.25) is 0 Å². The highest BCUT2D eigenvalue weighted by Crippen LogP contribution is 2.40. The molecule has 3 aromatic rings. The molecule has 34 heavy (non-hydrogen) atoms. The zero-order valence-corrected chi connectivity index (χ0v) is 20.0. The van der Waals surface area contributed by atoms with Crippen molar-refractivity contribution in [2.75, 3.05) is 32.4 Å². The molecule has 3 aromatic carbocycles. The summed E-state index contributed by atoms with van der Waals surface area (Å²) >= 11 is 1.40. The molecule has 0 atom stereocenters. The maximum atomic E-state index is 12.8. The van der Waals surface area contributed by atoms with E-state index in [2.05, 4.69) is 5.32 Å². The van der Waals surface area contributed by atoms with Gasteiger partial charge in [0.1, 0.15) is 0 Å². The Labute approximate surface area is 202 Å². The Morgan fingerprint density at radius 2 is 1.50 bits per heavy atom. The Hall–Kier alpha value is -3.78. The minimum Gasteiger partial charge on any atom is -0.493 e. The van der Waals surface area contributed by atoms with Gasteiger partial charge in [0.05, 0.1) is 49.2 Å². The third-order valence-electron chi connectivity index (χ3n) is 5.13. The summed E-state index contributed by atoms with van der Waals surface area (Å²) in [4.78, 5) is 22.4. The third-order valence-corrected chi connectivity index (χ3v) is 6.10. The first-order valence-electron chi connectivity index (χ1n) is 10.6. The smallest absolute Gasteiger partial charge is 0.234 e.